The fraction of sp³-hybridized carbons (Fsp3) is 0.304. The highest BCUT2D eigenvalue weighted by Crippen LogP contribution is 2.36. The first kappa shape index (κ1) is 17.2. The topological polar surface area (TPSA) is 55.9 Å². The van der Waals surface area contributed by atoms with Crippen LogP contribution in [0.1, 0.15) is 26.3 Å². The molecule has 5 nitrogen and oxygen atoms in total. The Bertz CT molecular complexity index is 1160. The molecule has 0 aliphatic carbocycles. The predicted molar refractivity (Wildman–Crippen MR) is 111 cm³/mol. The highest BCUT2D eigenvalue weighted by Gasteiger charge is 2.27. The van der Waals surface area contributed by atoms with E-state index in [2.05, 4.69) is 78.1 Å². The molecule has 0 bridgehead atoms. The molecule has 2 aromatic heterocycles. The van der Waals surface area contributed by atoms with Crippen LogP contribution in [0.5, 0.6) is 0 Å². The molecule has 2 aromatic carbocycles. The van der Waals surface area contributed by atoms with Gasteiger partial charge in [0.25, 0.3) is 0 Å². The SMILES string of the molecule is CC(C)(C)c1ccc(-c2nnn3c2-c2cc4ccccc4n2CC(O)C3)cc1. The van der Waals surface area contributed by atoms with Crippen LogP contribution in [0, 0.1) is 0 Å². The smallest absolute Gasteiger partial charge is 0.122 e. The van der Waals surface area contributed by atoms with E-state index in [1.807, 2.05) is 16.8 Å². The Labute approximate surface area is 164 Å². The van der Waals surface area contributed by atoms with E-state index in [4.69, 9.17) is 0 Å². The van der Waals surface area contributed by atoms with E-state index in [0.29, 0.717) is 13.1 Å². The summed E-state index contributed by atoms with van der Waals surface area (Å²) in [4.78, 5) is 0. The molecule has 0 saturated heterocycles. The van der Waals surface area contributed by atoms with Gasteiger partial charge >= 0.3 is 0 Å². The Kier molecular flexibility index (Phi) is 3.71. The summed E-state index contributed by atoms with van der Waals surface area (Å²) in [5, 5.41) is 20.6. The van der Waals surface area contributed by atoms with Crippen molar-refractivity contribution in [2.45, 2.75) is 45.4 Å². The van der Waals surface area contributed by atoms with E-state index in [1.54, 1.807) is 0 Å². The van der Waals surface area contributed by atoms with Crippen LogP contribution in [-0.2, 0) is 18.5 Å². The van der Waals surface area contributed by atoms with Gasteiger partial charge < -0.3 is 9.67 Å². The Morgan fingerprint density at radius 1 is 1.00 bits per heavy atom. The van der Waals surface area contributed by atoms with Crippen LogP contribution < -0.4 is 0 Å². The van der Waals surface area contributed by atoms with E-state index in [1.165, 1.54) is 5.56 Å². The standard InChI is InChI=1S/C23H24N4O/c1-23(2,3)17-10-8-15(9-11-17)21-22-20-12-16-6-4-5-7-19(16)26(20)13-18(28)14-27(22)25-24-21/h4-12,18,28H,13-14H2,1-3H3. The van der Waals surface area contributed by atoms with Crippen molar-refractivity contribution in [1.82, 2.24) is 19.6 Å². The fourth-order valence-corrected chi connectivity index (χ4v) is 4.09. The van der Waals surface area contributed by atoms with Gasteiger partial charge in [-0.05, 0) is 23.1 Å². The summed E-state index contributed by atoms with van der Waals surface area (Å²) in [6, 6.07) is 19.0. The molecule has 0 radical (unpaired) electrons. The van der Waals surface area contributed by atoms with Crippen molar-refractivity contribution in [3.8, 4) is 22.6 Å². The van der Waals surface area contributed by atoms with Gasteiger partial charge in [-0.3, -0.25) is 0 Å². The molecule has 0 saturated carbocycles. The number of benzene rings is 2. The van der Waals surface area contributed by atoms with E-state index in [9.17, 15) is 5.11 Å². The highest BCUT2D eigenvalue weighted by molar-refractivity contribution is 5.89. The number of para-hydroxylation sites is 1. The predicted octanol–water partition coefficient (Wildman–Crippen LogP) is 4.24. The number of rotatable bonds is 1. The minimum atomic E-state index is -0.506. The maximum atomic E-state index is 10.6. The van der Waals surface area contributed by atoms with E-state index >= 15 is 0 Å². The number of aromatic nitrogens is 4. The first-order chi connectivity index (χ1) is 13.4. The van der Waals surface area contributed by atoms with Crippen LogP contribution in [0.15, 0.2) is 54.6 Å². The quantitative estimate of drug-likeness (QED) is 0.544. The lowest BCUT2D eigenvalue weighted by Crippen LogP contribution is -2.20. The molecular formula is C23H24N4O. The molecule has 0 amide bonds. The van der Waals surface area contributed by atoms with Crippen molar-refractivity contribution in [1.29, 1.82) is 0 Å². The molecule has 0 fully saturated rings. The number of aliphatic hydroxyl groups excluding tert-OH is 1. The third-order valence-corrected chi connectivity index (χ3v) is 5.59. The van der Waals surface area contributed by atoms with Gasteiger partial charge in [0.05, 0.1) is 24.9 Å². The summed E-state index contributed by atoms with van der Waals surface area (Å²) < 4.78 is 4.03. The number of nitrogens with zero attached hydrogens (tertiary/aromatic N) is 4. The van der Waals surface area contributed by atoms with Crippen molar-refractivity contribution in [2.75, 3.05) is 0 Å². The summed E-state index contributed by atoms with van der Waals surface area (Å²) in [6.07, 6.45) is -0.506. The van der Waals surface area contributed by atoms with Gasteiger partial charge in [0.2, 0.25) is 0 Å². The maximum absolute atomic E-state index is 10.6. The Morgan fingerprint density at radius 2 is 1.75 bits per heavy atom. The number of hydrogen-bond donors (Lipinski definition) is 1. The number of hydrogen-bond acceptors (Lipinski definition) is 3. The Morgan fingerprint density at radius 3 is 2.50 bits per heavy atom. The lowest BCUT2D eigenvalue weighted by Gasteiger charge is -2.19. The monoisotopic (exact) mass is 372 g/mol. The van der Waals surface area contributed by atoms with Crippen LogP contribution >= 0.6 is 0 Å². The molecule has 4 aromatic rings. The van der Waals surface area contributed by atoms with Crippen molar-refractivity contribution in [3.63, 3.8) is 0 Å². The third kappa shape index (κ3) is 2.66. The molecule has 0 spiro atoms. The second kappa shape index (κ2) is 6.04. The summed E-state index contributed by atoms with van der Waals surface area (Å²) in [5.41, 5.74) is 6.45. The molecular weight excluding hydrogens is 348 g/mol. The molecule has 1 aliphatic heterocycles. The summed E-state index contributed by atoms with van der Waals surface area (Å²) in [6.45, 7) is 7.64. The first-order valence-electron chi connectivity index (χ1n) is 9.73. The maximum Gasteiger partial charge on any atom is 0.122 e. The van der Waals surface area contributed by atoms with Gasteiger partial charge in [-0.15, -0.1) is 5.10 Å². The fourth-order valence-electron chi connectivity index (χ4n) is 4.09. The van der Waals surface area contributed by atoms with Crippen LogP contribution in [0.4, 0.5) is 0 Å². The van der Waals surface area contributed by atoms with Crippen LogP contribution in [0.3, 0.4) is 0 Å². The molecule has 1 N–H and O–H groups in total. The minimum absolute atomic E-state index is 0.110. The first-order valence-corrected chi connectivity index (χ1v) is 9.73. The van der Waals surface area contributed by atoms with Crippen LogP contribution in [-0.4, -0.2) is 30.8 Å². The van der Waals surface area contributed by atoms with Gasteiger partial charge in [-0.25, -0.2) is 4.68 Å². The molecule has 3 heterocycles. The van der Waals surface area contributed by atoms with Gasteiger partial charge in [-0.2, -0.15) is 0 Å². The number of fused-ring (bicyclic) bond motifs is 5. The third-order valence-electron chi connectivity index (χ3n) is 5.59. The Hall–Kier alpha value is -2.92. The van der Waals surface area contributed by atoms with Crippen molar-refractivity contribution in [2.24, 2.45) is 0 Å². The van der Waals surface area contributed by atoms with Crippen LogP contribution in [0.2, 0.25) is 0 Å². The lowest BCUT2D eigenvalue weighted by atomic mass is 9.86. The average Bonchev–Trinajstić information content (AvgIpc) is 3.19. The van der Waals surface area contributed by atoms with E-state index < -0.39 is 6.10 Å². The minimum Gasteiger partial charge on any atom is -0.389 e. The van der Waals surface area contributed by atoms with Crippen LogP contribution in [0.25, 0.3) is 33.5 Å². The van der Waals surface area contributed by atoms with Gasteiger partial charge in [0.1, 0.15) is 11.4 Å². The zero-order valence-corrected chi connectivity index (χ0v) is 16.4. The number of aliphatic hydroxyl groups is 1. The van der Waals surface area contributed by atoms with Crippen molar-refractivity contribution < 1.29 is 5.11 Å². The molecule has 28 heavy (non-hydrogen) atoms. The second-order valence-electron chi connectivity index (χ2n) is 8.65. The molecule has 5 rings (SSSR count). The zero-order chi connectivity index (χ0) is 19.5. The second-order valence-corrected chi connectivity index (χ2v) is 8.65. The lowest BCUT2D eigenvalue weighted by molar-refractivity contribution is 0.135. The highest BCUT2D eigenvalue weighted by atomic mass is 16.3. The summed E-state index contributed by atoms with van der Waals surface area (Å²) >= 11 is 0. The summed E-state index contributed by atoms with van der Waals surface area (Å²) in [7, 11) is 0. The van der Waals surface area contributed by atoms with Gasteiger partial charge in [-0.1, -0.05) is 68.4 Å². The van der Waals surface area contributed by atoms with Crippen molar-refractivity contribution >= 4 is 10.9 Å². The molecule has 5 heteroatoms. The molecule has 1 aliphatic rings. The normalized spacial score (nSPS) is 16.6. The van der Waals surface area contributed by atoms with E-state index in [0.717, 1.165) is 33.5 Å². The molecule has 142 valence electrons. The van der Waals surface area contributed by atoms with E-state index in [-0.39, 0.29) is 5.41 Å². The largest absolute Gasteiger partial charge is 0.389 e. The van der Waals surface area contributed by atoms with Gasteiger partial charge in [0, 0.05) is 16.5 Å². The van der Waals surface area contributed by atoms with Gasteiger partial charge in [0.15, 0.2) is 0 Å². The average molecular weight is 372 g/mol. The van der Waals surface area contributed by atoms with Crippen molar-refractivity contribution in [3.05, 3.63) is 60.2 Å². The molecule has 1 atom stereocenters. The Balaban J connectivity index is 1.71. The molecule has 1 unspecified atom stereocenters. The summed E-state index contributed by atoms with van der Waals surface area (Å²) in [5.74, 6) is 0. The zero-order valence-electron chi connectivity index (χ0n) is 16.4.